The summed E-state index contributed by atoms with van der Waals surface area (Å²) in [6, 6.07) is 13.7. The quantitative estimate of drug-likeness (QED) is 0.587. The summed E-state index contributed by atoms with van der Waals surface area (Å²) in [4.78, 5) is 24.1. The normalized spacial score (nSPS) is 16.2. The van der Waals surface area contributed by atoms with Gasteiger partial charge in [0.25, 0.3) is 5.91 Å². The van der Waals surface area contributed by atoms with E-state index in [1.54, 1.807) is 18.5 Å². The highest BCUT2D eigenvalue weighted by atomic mass is 16.1. The largest absolute Gasteiger partial charge is 0.397 e. The highest BCUT2D eigenvalue weighted by Gasteiger charge is 2.21. The summed E-state index contributed by atoms with van der Waals surface area (Å²) in [5.41, 5.74) is 17.2. The number of nitrogen functional groups attached to an aromatic ring is 1. The fourth-order valence-electron chi connectivity index (χ4n) is 3.93. The van der Waals surface area contributed by atoms with Crippen LogP contribution >= 0.6 is 0 Å². The topological polar surface area (TPSA) is 110 Å². The number of aryl methyl sites for hydroxylation is 1. The van der Waals surface area contributed by atoms with E-state index in [9.17, 15) is 4.79 Å². The lowest BCUT2D eigenvalue weighted by molar-refractivity contribution is 0.102. The van der Waals surface area contributed by atoms with Gasteiger partial charge in [-0.15, -0.1) is 0 Å². The van der Waals surface area contributed by atoms with Crippen LogP contribution in [0.25, 0.3) is 11.3 Å². The number of benzene rings is 1. The summed E-state index contributed by atoms with van der Waals surface area (Å²) in [7, 11) is 0. The van der Waals surface area contributed by atoms with Crippen molar-refractivity contribution in [2.45, 2.75) is 32.2 Å². The summed E-state index contributed by atoms with van der Waals surface area (Å²) in [6.07, 6.45) is 6.33. The van der Waals surface area contributed by atoms with Crippen molar-refractivity contribution in [3.63, 3.8) is 0 Å². The number of nitrogens with one attached hydrogen (secondary N) is 1. The molecular formula is C24H28N6O. The first-order valence-corrected chi connectivity index (χ1v) is 10.7. The molecule has 7 heteroatoms. The fourth-order valence-corrected chi connectivity index (χ4v) is 3.93. The van der Waals surface area contributed by atoms with E-state index in [1.807, 2.05) is 24.3 Å². The maximum absolute atomic E-state index is 13.1. The van der Waals surface area contributed by atoms with E-state index in [-0.39, 0.29) is 17.6 Å². The van der Waals surface area contributed by atoms with Gasteiger partial charge in [-0.2, -0.15) is 0 Å². The molecule has 5 N–H and O–H groups in total. The molecule has 0 spiro atoms. The minimum absolute atomic E-state index is 0.123. The minimum Gasteiger partial charge on any atom is -0.397 e. The van der Waals surface area contributed by atoms with Gasteiger partial charge in [-0.05, 0) is 49.1 Å². The first-order chi connectivity index (χ1) is 15.0. The minimum atomic E-state index is -0.360. The second kappa shape index (κ2) is 9.14. The summed E-state index contributed by atoms with van der Waals surface area (Å²) in [5.74, 6) is -0.360. The van der Waals surface area contributed by atoms with Crippen LogP contribution in [0.15, 0.2) is 54.9 Å². The van der Waals surface area contributed by atoms with Gasteiger partial charge in [-0.25, -0.2) is 4.98 Å². The molecule has 2 aromatic heterocycles. The van der Waals surface area contributed by atoms with Gasteiger partial charge in [-0.3, -0.25) is 9.78 Å². The van der Waals surface area contributed by atoms with Crippen molar-refractivity contribution in [2.24, 2.45) is 5.73 Å². The number of nitrogens with zero attached hydrogens (tertiary/aromatic N) is 3. The Morgan fingerprint density at radius 1 is 1.26 bits per heavy atom. The Hall–Kier alpha value is -3.45. The number of carbonyl (C=O) groups is 1. The van der Waals surface area contributed by atoms with Crippen LogP contribution in [0.2, 0.25) is 0 Å². The van der Waals surface area contributed by atoms with Crippen molar-refractivity contribution >= 4 is 23.0 Å². The molecule has 31 heavy (non-hydrogen) atoms. The predicted octanol–water partition coefficient (Wildman–Crippen LogP) is 3.47. The maximum Gasteiger partial charge on any atom is 0.276 e. The Bertz CT molecular complexity index is 1080. The molecular weight excluding hydrogens is 388 g/mol. The van der Waals surface area contributed by atoms with E-state index in [4.69, 9.17) is 11.5 Å². The van der Waals surface area contributed by atoms with Crippen LogP contribution in [-0.4, -0.2) is 35.0 Å². The number of hydrogen-bond acceptors (Lipinski definition) is 6. The van der Waals surface area contributed by atoms with E-state index < -0.39 is 0 Å². The molecule has 1 aliphatic rings. The standard InChI is InChI=1S/C24H28N6O/c1-2-16-5-3-6-17(13-16)20-9-8-19(26)23(28-20)24(31)29-21-14-27-11-10-22(21)30-12-4-7-18(25)15-30/h3,5-6,8-11,13-14,18H,2,4,7,12,15,25-26H2,1H3,(H,29,31)/t18-/m0/s1. The second-order valence-electron chi connectivity index (χ2n) is 7.88. The molecule has 160 valence electrons. The third kappa shape index (κ3) is 4.67. The summed E-state index contributed by atoms with van der Waals surface area (Å²) in [6.45, 7) is 3.75. The third-order valence-corrected chi connectivity index (χ3v) is 5.62. The van der Waals surface area contributed by atoms with Crippen LogP contribution in [0.3, 0.4) is 0 Å². The molecule has 1 amide bonds. The molecule has 3 aromatic rings. The van der Waals surface area contributed by atoms with Gasteiger partial charge >= 0.3 is 0 Å². The average molecular weight is 417 g/mol. The molecule has 3 heterocycles. The smallest absolute Gasteiger partial charge is 0.276 e. The molecule has 4 rings (SSSR count). The van der Waals surface area contributed by atoms with Gasteiger partial charge in [0.05, 0.1) is 29.0 Å². The number of anilines is 3. The number of amides is 1. The first kappa shape index (κ1) is 20.8. The molecule has 1 aromatic carbocycles. The number of hydrogen-bond donors (Lipinski definition) is 3. The van der Waals surface area contributed by atoms with E-state index >= 15 is 0 Å². The van der Waals surface area contributed by atoms with Crippen LogP contribution < -0.4 is 21.7 Å². The monoisotopic (exact) mass is 416 g/mol. The Morgan fingerprint density at radius 3 is 2.94 bits per heavy atom. The van der Waals surface area contributed by atoms with Crippen LogP contribution in [0.1, 0.15) is 35.8 Å². The van der Waals surface area contributed by atoms with E-state index in [1.165, 1.54) is 5.56 Å². The van der Waals surface area contributed by atoms with Crippen LogP contribution in [0, 0.1) is 0 Å². The second-order valence-corrected chi connectivity index (χ2v) is 7.88. The number of pyridine rings is 2. The van der Waals surface area contributed by atoms with Crippen LogP contribution in [-0.2, 0) is 6.42 Å². The van der Waals surface area contributed by atoms with Gasteiger partial charge in [0.1, 0.15) is 0 Å². The number of aromatic nitrogens is 2. The molecule has 0 unspecified atom stereocenters. The average Bonchev–Trinajstić information content (AvgIpc) is 2.79. The number of carbonyl (C=O) groups excluding carboxylic acids is 1. The third-order valence-electron chi connectivity index (χ3n) is 5.62. The van der Waals surface area contributed by atoms with Crippen molar-refractivity contribution in [3.8, 4) is 11.3 Å². The Labute approximate surface area is 182 Å². The summed E-state index contributed by atoms with van der Waals surface area (Å²) in [5, 5.41) is 2.95. The van der Waals surface area contributed by atoms with Gasteiger partial charge in [0, 0.05) is 30.9 Å². The SMILES string of the molecule is CCc1cccc(-c2ccc(N)c(C(=O)Nc3cnccc3N3CCC[C@H](N)C3)n2)c1. The summed E-state index contributed by atoms with van der Waals surface area (Å²) < 4.78 is 0. The van der Waals surface area contributed by atoms with Crippen LogP contribution in [0.4, 0.5) is 17.1 Å². The number of nitrogens with two attached hydrogens (primary N) is 2. The van der Waals surface area contributed by atoms with Crippen molar-refractivity contribution < 1.29 is 4.79 Å². The van der Waals surface area contributed by atoms with Gasteiger partial charge < -0.3 is 21.7 Å². The Kier molecular flexibility index (Phi) is 6.13. The molecule has 0 radical (unpaired) electrons. The van der Waals surface area contributed by atoms with E-state index in [2.05, 4.69) is 39.2 Å². The molecule has 1 aliphatic heterocycles. The molecule has 1 atom stereocenters. The van der Waals surface area contributed by atoms with E-state index in [0.29, 0.717) is 17.1 Å². The number of piperidine rings is 1. The first-order valence-electron chi connectivity index (χ1n) is 10.7. The van der Waals surface area contributed by atoms with Crippen LogP contribution in [0.5, 0.6) is 0 Å². The van der Waals surface area contributed by atoms with Crippen molar-refractivity contribution in [1.29, 1.82) is 0 Å². The van der Waals surface area contributed by atoms with Gasteiger partial charge in [0.2, 0.25) is 0 Å². The number of rotatable bonds is 5. The predicted molar refractivity (Wildman–Crippen MR) is 125 cm³/mol. The molecule has 0 bridgehead atoms. The summed E-state index contributed by atoms with van der Waals surface area (Å²) >= 11 is 0. The lowest BCUT2D eigenvalue weighted by Crippen LogP contribution is -2.43. The molecule has 1 fully saturated rings. The Morgan fingerprint density at radius 2 is 2.13 bits per heavy atom. The molecule has 0 aliphatic carbocycles. The lowest BCUT2D eigenvalue weighted by Gasteiger charge is -2.33. The fraction of sp³-hybridized carbons (Fsp3) is 0.292. The molecule has 1 saturated heterocycles. The zero-order chi connectivity index (χ0) is 21.8. The zero-order valence-electron chi connectivity index (χ0n) is 17.7. The maximum atomic E-state index is 13.1. The Balaban J connectivity index is 1.61. The highest BCUT2D eigenvalue weighted by Crippen LogP contribution is 2.28. The van der Waals surface area contributed by atoms with Gasteiger partial charge in [-0.1, -0.05) is 25.1 Å². The molecule has 7 nitrogen and oxygen atoms in total. The van der Waals surface area contributed by atoms with Crippen molar-refractivity contribution in [2.75, 3.05) is 29.0 Å². The van der Waals surface area contributed by atoms with E-state index in [0.717, 1.165) is 43.6 Å². The van der Waals surface area contributed by atoms with Crippen molar-refractivity contribution in [1.82, 2.24) is 9.97 Å². The molecule has 0 saturated carbocycles. The lowest BCUT2D eigenvalue weighted by atomic mass is 10.1. The zero-order valence-corrected chi connectivity index (χ0v) is 17.7. The van der Waals surface area contributed by atoms with Gasteiger partial charge in [0.15, 0.2) is 5.69 Å². The highest BCUT2D eigenvalue weighted by molar-refractivity contribution is 6.07. The van der Waals surface area contributed by atoms with Crippen molar-refractivity contribution in [3.05, 3.63) is 66.1 Å².